The largest absolute Gasteiger partial charge is 0.340 e. The van der Waals surface area contributed by atoms with Crippen molar-refractivity contribution >= 4 is 0 Å². The molecule has 2 heterocycles. The quantitative estimate of drug-likeness (QED) is 0.845. The van der Waals surface area contributed by atoms with Crippen LogP contribution in [0.3, 0.4) is 0 Å². The van der Waals surface area contributed by atoms with Gasteiger partial charge in [0.2, 0.25) is 5.89 Å². The van der Waals surface area contributed by atoms with Crippen molar-refractivity contribution in [3.63, 3.8) is 0 Å². The monoisotopic (exact) mass is 326 g/mol. The Balaban J connectivity index is 1.32. The number of aromatic nitrogens is 2. The van der Waals surface area contributed by atoms with E-state index in [1.165, 1.54) is 31.2 Å². The van der Waals surface area contributed by atoms with Gasteiger partial charge in [0.1, 0.15) is 0 Å². The Hall–Kier alpha value is -1.72. The first kappa shape index (κ1) is 15.8. The fourth-order valence-electron chi connectivity index (χ4n) is 4.06. The molecule has 0 N–H and O–H groups in total. The van der Waals surface area contributed by atoms with Gasteiger partial charge in [0.15, 0.2) is 5.82 Å². The highest BCUT2D eigenvalue weighted by molar-refractivity contribution is 5.35. The number of benzene rings is 1. The molecule has 1 fully saturated rings. The average molecular weight is 326 g/mol. The molecule has 1 aliphatic heterocycles. The normalized spacial score (nSPS) is 20.9. The maximum Gasteiger partial charge on any atom is 0.223 e. The summed E-state index contributed by atoms with van der Waals surface area (Å²) in [5.74, 6) is 1.43. The summed E-state index contributed by atoms with van der Waals surface area (Å²) in [7, 11) is 2.16. The Labute approximate surface area is 143 Å². The molecular formula is C19H26N4O. The maximum absolute atomic E-state index is 5.07. The summed E-state index contributed by atoms with van der Waals surface area (Å²) in [4.78, 5) is 9.23. The molecule has 1 aliphatic carbocycles. The van der Waals surface area contributed by atoms with Gasteiger partial charge in [-0.1, -0.05) is 23.4 Å². The van der Waals surface area contributed by atoms with E-state index in [-0.39, 0.29) is 0 Å². The highest BCUT2D eigenvalue weighted by Gasteiger charge is 2.26. The van der Waals surface area contributed by atoms with E-state index in [0.717, 1.165) is 32.0 Å². The van der Waals surface area contributed by atoms with E-state index >= 15 is 0 Å². The molecule has 0 unspecified atom stereocenters. The smallest absolute Gasteiger partial charge is 0.223 e. The van der Waals surface area contributed by atoms with Crippen LogP contribution < -0.4 is 0 Å². The van der Waals surface area contributed by atoms with Crippen molar-refractivity contribution in [3.05, 3.63) is 46.6 Å². The van der Waals surface area contributed by atoms with E-state index in [0.29, 0.717) is 11.9 Å². The molecule has 1 atom stereocenters. The standard InChI is InChI=1S/C19H26N4O/c1-14-20-19(21-24-14)13-22(2)18-8-9-23(12-18)11-15-6-7-16-4-3-5-17(16)10-15/h6-7,10,18H,3-5,8-9,11-13H2,1-2H3/t18-/m0/s1. The molecule has 5 heteroatoms. The Morgan fingerprint density at radius 2 is 2.17 bits per heavy atom. The van der Waals surface area contributed by atoms with Gasteiger partial charge in [0.25, 0.3) is 0 Å². The van der Waals surface area contributed by atoms with Crippen LogP contribution in [0.1, 0.15) is 41.2 Å². The summed E-state index contributed by atoms with van der Waals surface area (Å²) >= 11 is 0. The van der Waals surface area contributed by atoms with E-state index in [2.05, 4.69) is 45.2 Å². The first-order chi connectivity index (χ1) is 11.7. The molecule has 5 nitrogen and oxygen atoms in total. The molecule has 128 valence electrons. The molecule has 0 saturated carbocycles. The molecule has 0 bridgehead atoms. The Bertz CT molecular complexity index is 711. The zero-order valence-electron chi connectivity index (χ0n) is 14.7. The first-order valence-corrected chi connectivity index (χ1v) is 9.00. The molecule has 1 aromatic heterocycles. The van der Waals surface area contributed by atoms with Crippen molar-refractivity contribution in [2.24, 2.45) is 0 Å². The summed E-state index contributed by atoms with van der Waals surface area (Å²) in [6.45, 7) is 5.94. The Kier molecular flexibility index (Phi) is 4.37. The van der Waals surface area contributed by atoms with Gasteiger partial charge in [0, 0.05) is 32.6 Å². The van der Waals surface area contributed by atoms with Gasteiger partial charge in [-0.15, -0.1) is 0 Å². The van der Waals surface area contributed by atoms with E-state index in [1.54, 1.807) is 11.1 Å². The van der Waals surface area contributed by atoms with E-state index in [4.69, 9.17) is 4.52 Å². The molecule has 24 heavy (non-hydrogen) atoms. The van der Waals surface area contributed by atoms with Gasteiger partial charge < -0.3 is 4.52 Å². The van der Waals surface area contributed by atoms with Gasteiger partial charge in [-0.3, -0.25) is 9.80 Å². The molecule has 1 aromatic carbocycles. The predicted octanol–water partition coefficient (Wildman–Crippen LogP) is 2.57. The third-order valence-corrected chi connectivity index (χ3v) is 5.40. The minimum Gasteiger partial charge on any atom is -0.340 e. The van der Waals surface area contributed by atoms with Crippen LogP contribution in [0, 0.1) is 6.92 Å². The van der Waals surface area contributed by atoms with E-state index < -0.39 is 0 Å². The van der Waals surface area contributed by atoms with Gasteiger partial charge >= 0.3 is 0 Å². The Morgan fingerprint density at radius 3 is 3.00 bits per heavy atom. The van der Waals surface area contributed by atoms with Crippen molar-refractivity contribution in [3.8, 4) is 0 Å². The summed E-state index contributed by atoms with van der Waals surface area (Å²) in [6.07, 6.45) is 5.06. The van der Waals surface area contributed by atoms with E-state index in [1.807, 2.05) is 6.92 Å². The van der Waals surface area contributed by atoms with Crippen LogP contribution in [0.5, 0.6) is 0 Å². The highest BCUT2D eigenvalue weighted by atomic mass is 16.5. The van der Waals surface area contributed by atoms with Gasteiger partial charge in [-0.2, -0.15) is 4.98 Å². The SMILES string of the molecule is Cc1nc(CN(C)[C@H]2CCN(Cc3ccc4c(c3)CCC4)C2)no1. The highest BCUT2D eigenvalue weighted by Crippen LogP contribution is 2.24. The van der Waals surface area contributed by atoms with Gasteiger partial charge in [-0.25, -0.2) is 0 Å². The lowest BCUT2D eigenvalue weighted by Gasteiger charge is -2.23. The maximum atomic E-state index is 5.07. The molecule has 1 saturated heterocycles. The molecule has 0 amide bonds. The third-order valence-electron chi connectivity index (χ3n) is 5.40. The fraction of sp³-hybridized carbons (Fsp3) is 0.579. The van der Waals surface area contributed by atoms with Crippen LogP contribution in [0.15, 0.2) is 22.7 Å². The second-order valence-corrected chi connectivity index (χ2v) is 7.28. The number of nitrogens with zero attached hydrogens (tertiary/aromatic N) is 4. The summed E-state index contributed by atoms with van der Waals surface area (Å²) < 4.78 is 5.07. The second kappa shape index (κ2) is 6.65. The zero-order valence-corrected chi connectivity index (χ0v) is 14.7. The number of likely N-dealkylation sites (tertiary alicyclic amines) is 1. The van der Waals surface area contributed by atoms with E-state index in [9.17, 15) is 0 Å². The van der Waals surface area contributed by atoms with Crippen molar-refractivity contribution in [2.75, 3.05) is 20.1 Å². The lowest BCUT2D eigenvalue weighted by Crippen LogP contribution is -2.34. The zero-order chi connectivity index (χ0) is 16.5. The molecule has 2 aromatic rings. The van der Waals surface area contributed by atoms with Crippen molar-refractivity contribution in [1.82, 2.24) is 19.9 Å². The van der Waals surface area contributed by atoms with Crippen LogP contribution >= 0.6 is 0 Å². The second-order valence-electron chi connectivity index (χ2n) is 7.28. The summed E-state index contributed by atoms with van der Waals surface area (Å²) in [5, 5.41) is 4.01. The number of aryl methyl sites for hydroxylation is 3. The molecule has 4 rings (SSSR count). The minimum atomic E-state index is 0.568. The number of hydrogen-bond acceptors (Lipinski definition) is 5. The minimum absolute atomic E-state index is 0.568. The summed E-state index contributed by atoms with van der Waals surface area (Å²) in [5.41, 5.74) is 4.61. The fourth-order valence-corrected chi connectivity index (χ4v) is 4.06. The number of rotatable bonds is 5. The van der Waals surface area contributed by atoms with Crippen molar-refractivity contribution in [1.29, 1.82) is 0 Å². The van der Waals surface area contributed by atoms with Crippen LogP contribution in [0.4, 0.5) is 0 Å². The molecule has 2 aliphatic rings. The van der Waals surface area contributed by atoms with Gasteiger partial charge in [0.05, 0.1) is 6.54 Å². The van der Waals surface area contributed by atoms with Crippen molar-refractivity contribution in [2.45, 2.75) is 51.7 Å². The number of fused-ring (bicyclic) bond motifs is 1. The van der Waals surface area contributed by atoms with Crippen molar-refractivity contribution < 1.29 is 4.52 Å². The Morgan fingerprint density at radius 1 is 1.29 bits per heavy atom. The molecule has 0 spiro atoms. The topological polar surface area (TPSA) is 45.4 Å². The van der Waals surface area contributed by atoms with Crippen LogP contribution in [-0.2, 0) is 25.9 Å². The third kappa shape index (κ3) is 3.37. The number of likely N-dealkylation sites (N-methyl/N-ethyl adjacent to an activating group) is 1. The summed E-state index contributed by atoms with van der Waals surface area (Å²) in [6, 6.07) is 7.67. The number of hydrogen-bond donors (Lipinski definition) is 0. The average Bonchev–Trinajstić information content (AvgIpc) is 3.28. The van der Waals surface area contributed by atoms with Crippen LogP contribution in [0.2, 0.25) is 0 Å². The van der Waals surface area contributed by atoms with Gasteiger partial charge in [-0.05, 0) is 49.4 Å². The predicted molar refractivity (Wildman–Crippen MR) is 92.7 cm³/mol. The first-order valence-electron chi connectivity index (χ1n) is 9.00. The van der Waals surface area contributed by atoms with Crippen LogP contribution in [-0.4, -0.2) is 46.1 Å². The molecule has 0 radical (unpaired) electrons. The molecular weight excluding hydrogens is 300 g/mol. The van der Waals surface area contributed by atoms with Crippen LogP contribution in [0.25, 0.3) is 0 Å². The lowest BCUT2D eigenvalue weighted by atomic mass is 10.1. The lowest BCUT2D eigenvalue weighted by molar-refractivity contribution is 0.216.